The Balaban J connectivity index is 0.00000232. The smallest absolute Gasteiger partial charge is 1.00 e. The zero-order valence-corrected chi connectivity index (χ0v) is 36.5. The van der Waals surface area contributed by atoms with E-state index in [0.717, 1.165) is 12.8 Å². The molecule has 0 nitrogen and oxygen atoms in total. The maximum atomic E-state index is 2.74. The summed E-state index contributed by atoms with van der Waals surface area (Å²) in [5.74, 6) is 0.475. The van der Waals surface area contributed by atoms with E-state index in [2.05, 4.69) is 166 Å². The van der Waals surface area contributed by atoms with E-state index in [1.165, 1.54) is 77.9 Å². The van der Waals surface area contributed by atoms with Crippen LogP contribution in [-0.4, -0.2) is 3.21 Å². The van der Waals surface area contributed by atoms with Gasteiger partial charge >= 0.3 is 311 Å². The van der Waals surface area contributed by atoms with Crippen LogP contribution in [0, 0.1) is 19.8 Å². The molecule has 0 aromatic heterocycles. The molecule has 0 heterocycles. The van der Waals surface area contributed by atoms with Crippen molar-refractivity contribution in [3.63, 3.8) is 0 Å². The van der Waals surface area contributed by atoms with Crippen molar-refractivity contribution in [2.24, 2.45) is 5.92 Å². The van der Waals surface area contributed by atoms with Gasteiger partial charge in [-0.1, -0.05) is 0 Å². The number of allylic oxidation sites excluding steroid dienone is 8. The molecule has 266 valence electrons. The molecule has 52 heavy (non-hydrogen) atoms. The van der Waals surface area contributed by atoms with E-state index in [0.29, 0.717) is 9.54 Å². The molecule has 0 saturated carbocycles. The van der Waals surface area contributed by atoms with Gasteiger partial charge in [0.15, 0.2) is 0 Å². The molecule has 0 radical (unpaired) electrons. The van der Waals surface area contributed by atoms with Crippen molar-refractivity contribution < 1.29 is 46.1 Å². The summed E-state index contributed by atoms with van der Waals surface area (Å²) in [6.07, 6.45) is 12.5. The zero-order chi connectivity index (χ0) is 35.3. The number of halogens is 2. The minimum absolute atomic E-state index is 0. The topological polar surface area (TPSA) is 0 Å². The predicted octanol–water partition coefficient (Wildman–Crippen LogP) is 6.82. The third kappa shape index (κ3) is 6.42. The Bertz CT molecular complexity index is 2200. The van der Waals surface area contributed by atoms with Gasteiger partial charge in [-0.05, 0) is 0 Å². The van der Waals surface area contributed by atoms with E-state index in [1.54, 1.807) is 12.1 Å². The van der Waals surface area contributed by atoms with E-state index < -0.39 is 21.3 Å². The summed E-state index contributed by atoms with van der Waals surface area (Å²) < 4.78 is 3.85. The number of benzene rings is 4. The molecule has 0 spiro atoms. The SMILES string of the molecule is CC1=CC(C)[C]([Zr+2](=[C](c2ccc(C)cc2)c2ccc(C)cc2)[CH]2C=C(C)c3cc4c(cc3C2(C)C)Cc2cc3c(cc2-4)C(C)=CCC3(C)C)=C1.[Cl-].[Cl-]. The van der Waals surface area contributed by atoms with Crippen molar-refractivity contribution in [1.82, 2.24) is 0 Å². The number of rotatable bonds is 4. The molecule has 0 fully saturated rings. The molecule has 8 rings (SSSR count). The van der Waals surface area contributed by atoms with Gasteiger partial charge in [0.2, 0.25) is 0 Å². The van der Waals surface area contributed by atoms with Crippen molar-refractivity contribution in [2.45, 2.75) is 96.5 Å². The van der Waals surface area contributed by atoms with Crippen LogP contribution in [0.5, 0.6) is 0 Å². The standard InChI is InChI=1S/C27H29.C15H14.C7H9.2ClH.Zr/c1-16-7-9-26(3,4)24-12-18-11-19-13-25-21(17(2)8-10-27(25,5)6)15-23(19)22(18)14-20(16)24;1-12-3-7-14(8-4-12)11-15-9-5-13(2)6-10-15;1-6-3-4-7(2)5-6;;;/h7-9,12-15H,10-11H2,1-6H3;3-10H,1-2H3;3,5,7H,1-2H3;2*1H;/q;;;;;+2/p-2. The van der Waals surface area contributed by atoms with Gasteiger partial charge in [0, 0.05) is 0 Å². The van der Waals surface area contributed by atoms with Crippen LogP contribution >= 0.6 is 0 Å². The molecular weight excluding hydrogens is 751 g/mol. The Morgan fingerprint density at radius 2 is 1.15 bits per heavy atom. The summed E-state index contributed by atoms with van der Waals surface area (Å²) in [6.45, 7) is 23.9. The van der Waals surface area contributed by atoms with E-state index in [4.69, 9.17) is 0 Å². The normalized spacial score (nSPS) is 19.9. The largest absolute Gasteiger partial charge is 1.00 e. The van der Waals surface area contributed by atoms with Crippen LogP contribution in [-0.2, 0) is 38.5 Å². The zero-order valence-electron chi connectivity index (χ0n) is 32.6. The van der Waals surface area contributed by atoms with Gasteiger partial charge in [-0.25, -0.2) is 0 Å². The fraction of sp³-hybridized carbons (Fsp3) is 0.327. The van der Waals surface area contributed by atoms with Gasteiger partial charge < -0.3 is 24.8 Å². The minimum atomic E-state index is -2.73. The first-order valence-electron chi connectivity index (χ1n) is 18.7. The van der Waals surface area contributed by atoms with Crippen LogP contribution < -0.4 is 24.8 Å². The van der Waals surface area contributed by atoms with Crippen molar-refractivity contribution in [2.75, 3.05) is 0 Å². The van der Waals surface area contributed by atoms with Crippen LogP contribution in [0.1, 0.15) is 117 Å². The second-order valence-corrected chi connectivity index (χ2v) is 23.3. The molecular formula is C49H52Cl2Zr. The molecule has 0 bridgehead atoms. The first-order valence-corrected chi connectivity index (χ1v) is 22.6. The second kappa shape index (κ2) is 14.1. The van der Waals surface area contributed by atoms with Gasteiger partial charge in [0.1, 0.15) is 0 Å². The molecule has 4 aliphatic carbocycles. The summed E-state index contributed by atoms with van der Waals surface area (Å²) >= 11 is -2.73. The summed E-state index contributed by atoms with van der Waals surface area (Å²) in [7, 11) is 0. The van der Waals surface area contributed by atoms with Gasteiger partial charge in [-0.15, -0.1) is 0 Å². The first kappa shape index (κ1) is 38.9. The summed E-state index contributed by atoms with van der Waals surface area (Å²) in [4.78, 5) is 0. The summed E-state index contributed by atoms with van der Waals surface area (Å²) in [5, 5.41) is 0. The predicted molar refractivity (Wildman–Crippen MR) is 213 cm³/mol. The monoisotopic (exact) mass is 800 g/mol. The molecule has 2 unspecified atom stereocenters. The fourth-order valence-corrected chi connectivity index (χ4v) is 19.7. The Hall–Kier alpha value is -2.83. The van der Waals surface area contributed by atoms with Crippen LogP contribution in [0.15, 0.2) is 106 Å². The third-order valence-corrected chi connectivity index (χ3v) is 22.0. The van der Waals surface area contributed by atoms with E-state index in [-0.39, 0.29) is 35.6 Å². The van der Waals surface area contributed by atoms with E-state index >= 15 is 0 Å². The molecule has 3 heteroatoms. The second-order valence-electron chi connectivity index (χ2n) is 17.1. The maximum absolute atomic E-state index is 2.74. The number of hydrogen-bond acceptors (Lipinski definition) is 0. The molecule has 0 aliphatic heterocycles. The van der Waals surface area contributed by atoms with Crippen molar-refractivity contribution >= 4 is 14.4 Å². The van der Waals surface area contributed by atoms with E-state index in [9.17, 15) is 0 Å². The molecule has 4 aliphatic rings. The van der Waals surface area contributed by atoms with Crippen molar-refractivity contribution in [3.05, 3.63) is 162 Å². The van der Waals surface area contributed by atoms with Crippen molar-refractivity contribution in [3.8, 4) is 11.1 Å². The molecule has 4 aromatic carbocycles. The summed E-state index contributed by atoms with van der Waals surface area (Å²) in [5.41, 5.74) is 21.9. The molecule has 4 aromatic rings. The average Bonchev–Trinajstić information content (AvgIpc) is 3.61. The molecule has 0 saturated heterocycles. The number of fused-ring (bicyclic) bond motifs is 5. The molecule has 0 amide bonds. The van der Waals surface area contributed by atoms with Crippen LogP contribution in [0.3, 0.4) is 0 Å². The fourth-order valence-electron chi connectivity index (χ4n) is 9.45. The average molecular weight is 803 g/mol. The first-order chi connectivity index (χ1) is 23.7. The third-order valence-electron chi connectivity index (χ3n) is 12.5. The van der Waals surface area contributed by atoms with Crippen molar-refractivity contribution in [1.29, 1.82) is 0 Å². The Morgan fingerprint density at radius 3 is 1.67 bits per heavy atom. The Kier molecular flexibility index (Phi) is 10.5. The van der Waals surface area contributed by atoms with Crippen LogP contribution in [0.2, 0.25) is 3.63 Å². The molecule has 0 N–H and O–H groups in total. The molecule has 2 atom stereocenters. The van der Waals surface area contributed by atoms with Gasteiger partial charge in [0.25, 0.3) is 0 Å². The van der Waals surface area contributed by atoms with Gasteiger partial charge in [0.05, 0.1) is 0 Å². The van der Waals surface area contributed by atoms with Crippen LogP contribution in [0.25, 0.3) is 22.3 Å². The number of aryl methyl sites for hydroxylation is 2. The maximum Gasteiger partial charge on any atom is -1.00 e. The Morgan fingerprint density at radius 1 is 0.635 bits per heavy atom. The van der Waals surface area contributed by atoms with Gasteiger partial charge in [-0.2, -0.15) is 0 Å². The van der Waals surface area contributed by atoms with E-state index in [1.807, 2.05) is 0 Å². The van der Waals surface area contributed by atoms with Crippen LogP contribution in [0.4, 0.5) is 0 Å². The minimum Gasteiger partial charge on any atom is -1.00 e. The quantitative estimate of drug-likeness (QED) is 0.187. The Labute approximate surface area is 333 Å². The van der Waals surface area contributed by atoms with Gasteiger partial charge in [-0.3, -0.25) is 0 Å². The number of hydrogen-bond donors (Lipinski definition) is 0. The summed E-state index contributed by atoms with van der Waals surface area (Å²) in [6, 6.07) is 29.2.